The molecular formula is C23H26N2O3. The molecular weight excluding hydrogens is 352 g/mol. The predicted molar refractivity (Wildman–Crippen MR) is 113 cm³/mol. The van der Waals surface area contributed by atoms with Crippen LogP contribution in [0.3, 0.4) is 0 Å². The molecule has 0 atom stereocenters. The fourth-order valence-electron chi connectivity index (χ4n) is 3.22. The van der Waals surface area contributed by atoms with Gasteiger partial charge >= 0.3 is 0 Å². The molecule has 0 saturated heterocycles. The first-order valence-electron chi connectivity index (χ1n) is 9.70. The van der Waals surface area contributed by atoms with E-state index in [4.69, 9.17) is 4.74 Å². The maximum atomic E-state index is 12.9. The van der Waals surface area contributed by atoms with E-state index in [9.17, 15) is 9.59 Å². The van der Waals surface area contributed by atoms with Crippen molar-refractivity contribution in [3.63, 3.8) is 0 Å². The summed E-state index contributed by atoms with van der Waals surface area (Å²) in [7, 11) is 1.82. The molecule has 146 valence electrons. The number of amides is 1. The summed E-state index contributed by atoms with van der Waals surface area (Å²) >= 11 is 0. The van der Waals surface area contributed by atoms with Crippen LogP contribution >= 0.6 is 0 Å². The smallest absolute Gasteiger partial charge is 0.261 e. The van der Waals surface area contributed by atoms with Gasteiger partial charge in [0, 0.05) is 18.9 Å². The third-order valence-electron chi connectivity index (χ3n) is 4.75. The quantitative estimate of drug-likeness (QED) is 0.657. The number of nitrogens with zero attached hydrogens (tertiary/aromatic N) is 1. The Morgan fingerprint density at radius 3 is 2.54 bits per heavy atom. The van der Waals surface area contributed by atoms with Crippen molar-refractivity contribution >= 4 is 22.5 Å². The molecule has 2 aromatic carbocycles. The number of ether oxygens (including phenoxy) is 1. The van der Waals surface area contributed by atoms with Crippen LogP contribution in [0.1, 0.15) is 42.6 Å². The number of anilines is 1. The van der Waals surface area contributed by atoms with Gasteiger partial charge in [-0.2, -0.15) is 0 Å². The Morgan fingerprint density at radius 2 is 1.86 bits per heavy atom. The molecule has 5 nitrogen and oxygen atoms in total. The highest BCUT2D eigenvalue weighted by Gasteiger charge is 2.15. The van der Waals surface area contributed by atoms with Gasteiger partial charge in [-0.1, -0.05) is 25.5 Å². The van der Waals surface area contributed by atoms with Gasteiger partial charge in [0.25, 0.3) is 5.91 Å². The predicted octanol–water partition coefficient (Wildman–Crippen LogP) is 4.53. The first kappa shape index (κ1) is 19.7. The summed E-state index contributed by atoms with van der Waals surface area (Å²) in [6.45, 7) is 4.57. The van der Waals surface area contributed by atoms with Gasteiger partial charge in [0.2, 0.25) is 5.43 Å². The lowest BCUT2D eigenvalue weighted by atomic mass is 10.1. The van der Waals surface area contributed by atoms with Crippen molar-refractivity contribution < 1.29 is 9.53 Å². The molecule has 0 spiro atoms. The molecule has 0 fully saturated rings. The molecule has 1 heterocycles. The second-order valence-corrected chi connectivity index (χ2v) is 6.85. The number of unbranched alkanes of at least 4 members (excludes halogenated alkanes) is 1. The fraction of sp³-hybridized carbons (Fsp3) is 0.304. The van der Waals surface area contributed by atoms with E-state index in [0.29, 0.717) is 23.4 Å². The molecule has 0 aliphatic heterocycles. The molecule has 3 aromatic rings. The van der Waals surface area contributed by atoms with Crippen LogP contribution in [0.5, 0.6) is 5.75 Å². The minimum Gasteiger partial charge on any atom is -0.494 e. The number of nitrogens with one attached hydrogen (secondary N) is 1. The number of aryl methyl sites for hydroxylation is 2. The second kappa shape index (κ2) is 8.74. The van der Waals surface area contributed by atoms with Crippen LogP contribution < -0.4 is 15.5 Å². The zero-order valence-electron chi connectivity index (χ0n) is 16.6. The van der Waals surface area contributed by atoms with Crippen molar-refractivity contribution in [1.29, 1.82) is 0 Å². The Morgan fingerprint density at radius 1 is 1.11 bits per heavy atom. The van der Waals surface area contributed by atoms with Gasteiger partial charge in [0.15, 0.2) is 0 Å². The molecule has 0 saturated carbocycles. The summed E-state index contributed by atoms with van der Waals surface area (Å²) in [6, 6.07) is 13.1. The monoisotopic (exact) mass is 378 g/mol. The van der Waals surface area contributed by atoms with E-state index in [2.05, 4.69) is 12.2 Å². The van der Waals surface area contributed by atoms with E-state index in [0.717, 1.165) is 24.8 Å². The first-order chi connectivity index (χ1) is 13.5. The average Bonchev–Trinajstić information content (AvgIpc) is 2.70. The molecule has 0 bridgehead atoms. The third kappa shape index (κ3) is 4.25. The van der Waals surface area contributed by atoms with Crippen molar-refractivity contribution in [2.45, 2.75) is 33.1 Å². The van der Waals surface area contributed by atoms with Gasteiger partial charge in [-0.05, 0) is 55.7 Å². The van der Waals surface area contributed by atoms with Gasteiger partial charge < -0.3 is 14.6 Å². The van der Waals surface area contributed by atoms with Crippen molar-refractivity contribution in [2.75, 3.05) is 11.9 Å². The van der Waals surface area contributed by atoms with Crippen molar-refractivity contribution in [1.82, 2.24) is 4.57 Å². The first-order valence-corrected chi connectivity index (χ1v) is 9.70. The molecule has 28 heavy (non-hydrogen) atoms. The number of fused-ring (bicyclic) bond motifs is 1. The lowest BCUT2D eigenvalue weighted by molar-refractivity contribution is 0.102. The van der Waals surface area contributed by atoms with Gasteiger partial charge in [0.1, 0.15) is 11.3 Å². The minimum atomic E-state index is -0.411. The van der Waals surface area contributed by atoms with E-state index < -0.39 is 5.91 Å². The van der Waals surface area contributed by atoms with E-state index in [-0.39, 0.29) is 11.0 Å². The van der Waals surface area contributed by atoms with Crippen molar-refractivity contribution in [2.24, 2.45) is 7.05 Å². The number of benzene rings is 2. The highest BCUT2D eigenvalue weighted by Crippen LogP contribution is 2.19. The van der Waals surface area contributed by atoms with Crippen LogP contribution in [0.25, 0.3) is 10.9 Å². The lowest BCUT2D eigenvalue weighted by Gasteiger charge is -2.11. The maximum Gasteiger partial charge on any atom is 0.261 e. The number of rotatable bonds is 7. The largest absolute Gasteiger partial charge is 0.494 e. The number of hydrogen-bond donors (Lipinski definition) is 1. The second-order valence-electron chi connectivity index (χ2n) is 6.85. The third-order valence-corrected chi connectivity index (χ3v) is 4.75. The van der Waals surface area contributed by atoms with E-state index in [1.54, 1.807) is 16.8 Å². The molecule has 5 heteroatoms. The molecule has 1 amide bonds. The number of carbonyl (C=O) groups is 1. The zero-order valence-corrected chi connectivity index (χ0v) is 16.6. The fourth-order valence-corrected chi connectivity index (χ4v) is 3.22. The van der Waals surface area contributed by atoms with E-state index in [1.165, 1.54) is 5.56 Å². The molecule has 0 radical (unpaired) electrons. The van der Waals surface area contributed by atoms with Crippen LogP contribution in [0.2, 0.25) is 0 Å². The molecule has 0 unspecified atom stereocenters. The minimum absolute atomic E-state index is 0.110. The van der Waals surface area contributed by atoms with Crippen LogP contribution in [0.4, 0.5) is 5.69 Å². The van der Waals surface area contributed by atoms with E-state index >= 15 is 0 Å². The topological polar surface area (TPSA) is 60.3 Å². The SMILES string of the molecule is CCCCc1ccc(NC(=O)c2cn(C)c3ccc(OCC)cc3c2=O)cc1. The number of hydrogen-bond acceptors (Lipinski definition) is 3. The number of pyridine rings is 1. The summed E-state index contributed by atoms with van der Waals surface area (Å²) in [5, 5.41) is 3.30. The van der Waals surface area contributed by atoms with Crippen molar-refractivity contribution in [3.8, 4) is 5.75 Å². The van der Waals surface area contributed by atoms with Crippen LogP contribution in [0, 0.1) is 0 Å². The number of carbonyl (C=O) groups excluding carboxylic acids is 1. The van der Waals surface area contributed by atoms with Gasteiger partial charge in [-0.25, -0.2) is 0 Å². The van der Waals surface area contributed by atoms with Crippen LogP contribution in [-0.4, -0.2) is 17.1 Å². The van der Waals surface area contributed by atoms with E-state index in [1.807, 2.05) is 50.4 Å². The van der Waals surface area contributed by atoms with Crippen LogP contribution in [0.15, 0.2) is 53.5 Å². The molecule has 0 aliphatic rings. The van der Waals surface area contributed by atoms with Gasteiger partial charge in [0.05, 0.1) is 17.5 Å². The maximum absolute atomic E-state index is 12.9. The molecule has 0 aliphatic carbocycles. The van der Waals surface area contributed by atoms with Gasteiger partial charge in [-0.3, -0.25) is 9.59 Å². The molecule has 3 rings (SSSR count). The normalized spacial score (nSPS) is 10.8. The Bertz CT molecular complexity index is 1040. The Hall–Kier alpha value is -3.08. The molecule has 1 N–H and O–H groups in total. The lowest BCUT2D eigenvalue weighted by Crippen LogP contribution is -2.23. The number of aromatic nitrogens is 1. The Labute approximate surface area is 165 Å². The zero-order chi connectivity index (χ0) is 20.1. The summed E-state index contributed by atoms with van der Waals surface area (Å²) in [5.41, 5.74) is 2.48. The highest BCUT2D eigenvalue weighted by molar-refractivity contribution is 6.05. The summed E-state index contributed by atoms with van der Waals surface area (Å²) in [5.74, 6) is 0.206. The summed E-state index contributed by atoms with van der Waals surface area (Å²) in [4.78, 5) is 25.7. The molecule has 1 aromatic heterocycles. The van der Waals surface area contributed by atoms with Gasteiger partial charge in [-0.15, -0.1) is 0 Å². The standard InChI is InChI=1S/C23H26N2O3/c1-4-6-7-16-8-10-17(11-9-16)24-23(27)20-15-25(3)21-13-12-18(28-5-2)14-19(21)22(20)26/h8-15H,4-7H2,1-3H3,(H,24,27). The van der Waals surface area contributed by atoms with Crippen LogP contribution in [-0.2, 0) is 13.5 Å². The van der Waals surface area contributed by atoms with Crippen molar-refractivity contribution in [3.05, 3.63) is 70.0 Å². The average molecular weight is 378 g/mol. The highest BCUT2D eigenvalue weighted by atomic mass is 16.5. The Balaban J connectivity index is 1.88. The summed E-state index contributed by atoms with van der Waals surface area (Å²) in [6.07, 6.45) is 4.89. The summed E-state index contributed by atoms with van der Waals surface area (Å²) < 4.78 is 7.28. The Kier molecular flexibility index (Phi) is 6.14.